The first-order valence-corrected chi connectivity index (χ1v) is 8.00. The molecular weight excluding hydrogens is 236 g/mol. The van der Waals surface area contributed by atoms with E-state index in [4.69, 9.17) is 0 Å². The van der Waals surface area contributed by atoms with Crippen LogP contribution in [0.2, 0.25) is 0 Å². The molecule has 0 aromatic heterocycles. The van der Waals surface area contributed by atoms with Gasteiger partial charge >= 0.3 is 0 Å². The molecule has 19 heavy (non-hydrogen) atoms. The van der Waals surface area contributed by atoms with Gasteiger partial charge in [0.05, 0.1) is 6.04 Å². The van der Waals surface area contributed by atoms with Crippen LogP contribution >= 0.6 is 0 Å². The summed E-state index contributed by atoms with van der Waals surface area (Å²) >= 11 is 0. The zero-order chi connectivity index (χ0) is 13.6. The van der Waals surface area contributed by atoms with E-state index in [1.54, 1.807) is 0 Å². The van der Waals surface area contributed by atoms with Crippen molar-refractivity contribution in [3.63, 3.8) is 0 Å². The maximum absolute atomic E-state index is 12.1. The van der Waals surface area contributed by atoms with E-state index in [0.717, 1.165) is 17.8 Å². The molecule has 0 saturated heterocycles. The third kappa shape index (κ3) is 2.31. The fourth-order valence-electron chi connectivity index (χ4n) is 5.33. The lowest BCUT2D eigenvalue weighted by Crippen LogP contribution is -2.57. The number of nitrogens with one attached hydrogen (secondary N) is 2. The Labute approximate surface area is 116 Å². The number of amides is 1. The maximum atomic E-state index is 12.1. The van der Waals surface area contributed by atoms with E-state index in [-0.39, 0.29) is 11.9 Å². The molecule has 4 saturated carbocycles. The van der Waals surface area contributed by atoms with Crippen molar-refractivity contribution in [2.75, 3.05) is 7.05 Å². The molecule has 0 aromatic carbocycles. The molecule has 0 radical (unpaired) electrons. The van der Waals surface area contributed by atoms with Gasteiger partial charge in [-0.15, -0.1) is 0 Å². The molecule has 1 amide bonds. The van der Waals surface area contributed by atoms with Gasteiger partial charge in [0.15, 0.2) is 0 Å². The Morgan fingerprint density at radius 3 is 1.95 bits per heavy atom. The molecule has 4 aliphatic carbocycles. The fourth-order valence-corrected chi connectivity index (χ4v) is 5.33. The third-order valence-electron chi connectivity index (χ3n) is 6.19. The van der Waals surface area contributed by atoms with Gasteiger partial charge in [0, 0.05) is 6.04 Å². The van der Waals surface area contributed by atoms with Crippen molar-refractivity contribution in [3.8, 4) is 0 Å². The summed E-state index contributed by atoms with van der Waals surface area (Å²) in [6.07, 6.45) is 8.46. The van der Waals surface area contributed by atoms with Crippen LogP contribution < -0.4 is 10.6 Å². The number of carbonyl (C=O) groups excluding carboxylic acids is 1. The molecule has 2 unspecified atom stereocenters. The van der Waals surface area contributed by atoms with Crippen molar-refractivity contribution in [3.05, 3.63) is 0 Å². The van der Waals surface area contributed by atoms with E-state index >= 15 is 0 Å². The van der Waals surface area contributed by atoms with Crippen LogP contribution in [0.15, 0.2) is 0 Å². The molecule has 4 bridgehead atoms. The number of rotatable bonds is 4. The number of carbonyl (C=O) groups is 1. The van der Waals surface area contributed by atoms with Crippen molar-refractivity contribution in [1.29, 1.82) is 0 Å². The molecule has 3 heteroatoms. The Kier molecular flexibility index (Phi) is 3.36. The zero-order valence-electron chi connectivity index (χ0n) is 12.5. The minimum Gasteiger partial charge on any atom is -0.352 e. The molecular formula is C16H28N2O. The molecule has 0 aromatic rings. The second-order valence-electron chi connectivity index (χ2n) is 7.52. The van der Waals surface area contributed by atoms with Crippen LogP contribution in [0.1, 0.15) is 52.4 Å². The van der Waals surface area contributed by atoms with Gasteiger partial charge in [-0.3, -0.25) is 4.79 Å². The molecule has 0 aliphatic heterocycles. The van der Waals surface area contributed by atoms with Gasteiger partial charge in [0.2, 0.25) is 5.91 Å². The summed E-state index contributed by atoms with van der Waals surface area (Å²) in [5.41, 5.74) is 0.415. The zero-order valence-corrected chi connectivity index (χ0v) is 12.5. The van der Waals surface area contributed by atoms with E-state index < -0.39 is 0 Å². The van der Waals surface area contributed by atoms with E-state index in [9.17, 15) is 4.79 Å². The first-order chi connectivity index (χ1) is 9.02. The van der Waals surface area contributed by atoms with Gasteiger partial charge in [0.1, 0.15) is 0 Å². The highest BCUT2D eigenvalue weighted by atomic mass is 16.2. The molecule has 0 heterocycles. The molecule has 108 valence electrons. The third-order valence-corrected chi connectivity index (χ3v) is 6.19. The van der Waals surface area contributed by atoms with Crippen LogP contribution in [0.3, 0.4) is 0 Å². The molecule has 3 nitrogen and oxygen atoms in total. The highest BCUT2D eigenvalue weighted by molar-refractivity contribution is 5.81. The predicted molar refractivity (Wildman–Crippen MR) is 76.7 cm³/mol. The largest absolute Gasteiger partial charge is 0.352 e. The van der Waals surface area contributed by atoms with E-state index in [0.29, 0.717) is 11.5 Å². The molecule has 4 aliphatic rings. The Morgan fingerprint density at radius 1 is 1.05 bits per heavy atom. The number of likely N-dealkylation sites (N-methyl/N-ethyl adjacent to an activating group) is 1. The van der Waals surface area contributed by atoms with Crippen molar-refractivity contribution in [2.24, 2.45) is 23.2 Å². The monoisotopic (exact) mass is 264 g/mol. The van der Waals surface area contributed by atoms with Crippen molar-refractivity contribution in [2.45, 2.75) is 64.5 Å². The molecule has 2 N–H and O–H groups in total. The summed E-state index contributed by atoms with van der Waals surface area (Å²) in [5.74, 6) is 3.01. The average molecular weight is 264 g/mol. The van der Waals surface area contributed by atoms with E-state index in [1.165, 1.54) is 38.5 Å². The molecule has 0 spiro atoms. The average Bonchev–Trinajstić information content (AvgIpc) is 2.36. The quantitative estimate of drug-likeness (QED) is 0.818. The van der Waals surface area contributed by atoms with Crippen molar-refractivity contribution < 1.29 is 4.79 Å². The highest BCUT2D eigenvalue weighted by Crippen LogP contribution is 2.61. The van der Waals surface area contributed by atoms with Crippen molar-refractivity contribution in [1.82, 2.24) is 10.6 Å². The molecule has 2 atom stereocenters. The van der Waals surface area contributed by atoms with Gasteiger partial charge < -0.3 is 10.6 Å². The molecule has 4 rings (SSSR count). The second-order valence-corrected chi connectivity index (χ2v) is 7.52. The lowest BCUT2D eigenvalue weighted by atomic mass is 9.48. The highest BCUT2D eigenvalue weighted by Gasteiger charge is 2.53. The van der Waals surface area contributed by atoms with E-state index in [1.807, 2.05) is 14.0 Å². The van der Waals surface area contributed by atoms with Gasteiger partial charge in [-0.1, -0.05) is 0 Å². The summed E-state index contributed by atoms with van der Waals surface area (Å²) < 4.78 is 0. The van der Waals surface area contributed by atoms with Crippen LogP contribution in [0, 0.1) is 23.2 Å². The molecule has 4 fully saturated rings. The van der Waals surface area contributed by atoms with Crippen LogP contribution in [-0.2, 0) is 4.79 Å². The van der Waals surface area contributed by atoms with Gasteiger partial charge in [-0.2, -0.15) is 0 Å². The topological polar surface area (TPSA) is 41.1 Å². The second kappa shape index (κ2) is 4.76. The minimum absolute atomic E-state index is 0.0867. The fraction of sp³-hybridized carbons (Fsp3) is 0.938. The Balaban J connectivity index is 1.69. The lowest BCUT2D eigenvalue weighted by molar-refractivity contribution is -0.127. The number of hydrogen-bond donors (Lipinski definition) is 2. The summed E-state index contributed by atoms with van der Waals surface area (Å²) in [4.78, 5) is 12.1. The smallest absolute Gasteiger partial charge is 0.237 e. The summed E-state index contributed by atoms with van der Waals surface area (Å²) in [5, 5.41) is 6.32. The summed E-state index contributed by atoms with van der Waals surface area (Å²) in [6, 6.07) is 0.251. The van der Waals surface area contributed by atoms with Crippen molar-refractivity contribution >= 4 is 5.91 Å². The number of hydrogen-bond acceptors (Lipinski definition) is 2. The van der Waals surface area contributed by atoms with Crippen LogP contribution in [-0.4, -0.2) is 25.0 Å². The Morgan fingerprint density at radius 2 is 1.53 bits per heavy atom. The van der Waals surface area contributed by atoms with Crippen LogP contribution in [0.4, 0.5) is 0 Å². The Bertz CT molecular complexity index is 330. The summed E-state index contributed by atoms with van der Waals surface area (Å²) in [7, 11) is 1.85. The van der Waals surface area contributed by atoms with E-state index in [2.05, 4.69) is 17.6 Å². The Hall–Kier alpha value is -0.570. The summed E-state index contributed by atoms with van der Waals surface area (Å²) in [6.45, 7) is 4.18. The van der Waals surface area contributed by atoms with Gasteiger partial charge in [-0.05, 0) is 82.6 Å². The normalized spacial score (nSPS) is 43.0. The first kappa shape index (κ1) is 13.4. The van der Waals surface area contributed by atoms with Crippen LogP contribution in [0.25, 0.3) is 0 Å². The standard InChI is InChI=1S/C16H28N2O/c1-10(17-3)15(19)18-11(2)16-7-12-4-13(8-16)6-14(5-12)9-16/h10-14,17H,4-9H2,1-3H3,(H,18,19). The van der Waals surface area contributed by atoms with Gasteiger partial charge in [-0.25, -0.2) is 0 Å². The van der Waals surface area contributed by atoms with Gasteiger partial charge in [0.25, 0.3) is 0 Å². The SMILES string of the molecule is CNC(C)C(=O)NC(C)C12CC3CC(CC(C3)C1)C2. The first-order valence-electron chi connectivity index (χ1n) is 8.00. The lowest BCUT2D eigenvalue weighted by Gasteiger charge is -2.59. The minimum atomic E-state index is -0.0867. The van der Waals surface area contributed by atoms with Crippen LogP contribution in [0.5, 0.6) is 0 Å². The predicted octanol–water partition coefficient (Wildman–Crippen LogP) is 2.32. The maximum Gasteiger partial charge on any atom is 0.237 e.